The van der Waals surface area contributed by atoms with Gasteiger partial charge in [0.2, 0.25) is 0 Å². The van der Waals surface area contributed by atoms with Crippen LogP contribution in [0.4, 0.5) is 0 Å². The molecule has 0 spiro atoms. The van der Waals surface area contributed by atoms with E-state index >= 15 is 0 Å². The molecule has 1 saturated carbocycles. The largest absolute Gasteiger partial charge is 0.463 e. The Hall–Kier alpha value is -2.09. The zero-order valence-corrected chi connectivity index (χ0v) is 16.5. The van der Waals surface area contributed by atoms with Gasteiger partial charge in [-0.2, -0.15) is 8.42 Å². The predicted octanol–water partition coefficient (Wildman–Crippen LogP) is 2.57. The van der Waals surface area contributed by atoms with Crippen molar-refractivity contribution < 1.29 is 17.6 Å². The van der Waals surface area contributed by atoms with E-state index < -0.39 is 10.2 Å². The van der Waals surface area contributed by atoms with Crippen LogP contribution in [-0.4, -0.2) is 48.9 Å². The second-order valence-electron chi connectivity index (χ2n) is 7.71. The van der Waals surface area contributed by atoms with E-state index in [-0.39, 0.29) is 23.4 Å². The summed E-state index contributed by atoms with van der Waals surface area (Å²) in [7, 11) is -2.58. The molecule has 7 nitrogen and oxygen atoms in total. The molecule has 0 unspecified atom stereocenters. The molecular formula is C19H25N3O4S. The van der Waals surface area contributed by atoms with E-state index in [0.29, 0.717) is 24.1 Å². The van der Waals surface area contributed by atoms with Gasteiger partial charge in [0, 0.05) is 19.6 Å². The lowest BCUT2D eigenvalue weighted by atomic mass is 9.72. The molecule has 3 atom stereocenters. The van der Waals surface area contributed by atoms with Crippen molar-refractivity contribution in [2.24, 2.45) is 16.2 Å². The number of fused-ring (bicyclic) bond motifs is 1. The van der Waals surface area contributed by atoms with E-state index in [1.165, 1.54) is 25.8 Å². The molecule has 146 valence electrons. The summed E-state index contributed by atoms with van der Waals surface area (Å²) in [6.07, 6.45) is 8.39. The quantitative estimate of drug-likeness (QED) is 0.776. The summed E-state index contributed by atoms with van der Waals surface area (Å²) >= 11 is 0. The zero-order chi connectivity index (χ0) is 19.2. The fourth-order valence-corrected chi connectivity index (χ4v) is 5.50. The molecule has 0 bridgehead atoms. The molecule has 4 rings (SSSR count). The van der Waals surface area contributed by atoms with E-state index in [4.69, 9.17) is 4.42 Å². The van der Waals surface area contributed by atoms with Crippen molar-refractivity contribution in [1.82, 2.24) is 9.21 Å². The summed E-state index contributed by atoms with van der Waals surface area (Å²) in [6.45, 7) is 2.93. The van der Waals surface area contributed by atoms with Gasteiger partial charge in [0.1, 0.15) is 11.4 Å². The Labute approximate surface area is 159 Å². The van der Waals surface area contributed by atoms with Crippen LogP contribution < -0.4 is 0 Å². The van der Waals surface area contributed by atoms with Crippen LogP contribution in [0.5, 0.6) is 0 Å². The molecule has 1 aromatic heterocycles. The summed E-state index contributed by atoms with van der Waals surface area (Å²) < 4.78 is 35.1. The molecule has 0 N–H and O–H groups in total. The van der Waals surface area contributed by atoms with Crippen molar-refractivity contribution in [3.8, 4) is 0 Å². The highest BCUT2D eigenvalue weighted by Crippen LogP contribution is 2.39. The van der Waals surface area contributed by atoms with Crippen molar-refractivity contribution in [1.29, 1.82) is 0 Å². The van der Waals surface area contributed by atoms with Crippen LogP contribution in [0.2, 0.25) is 0 Å². The number of likely N-dealkylation sites (tertiary alicyclic amines) is 1. The minimum Gasteiger partial charge on any atom is -0.463 e. The number of hydrogen-bond acceptors (Lipinski definition) is 4. The topological polar surface area (TPSA) is 83.2 Å². The van der Waals surface area contributed by atoms with Crippen molar-refractivity contribution in [2.45, 2.75) is 45.1 Å². The van der Waals surface area contributed by atoms with Crippen LogP contribution in [0.1, 0.15) is 44.8 Å². The average molecular weight is 391 g/mol. The van der Waals surface area contributed by atoms with Crippen molar-refractivity contribution in [3.05, 3.63) is 35.9 Å². The molecule has 3 aliphatic rings. The Bertz CT molecular complexity index is 888. The van der Waals surface area contributed by atoms with Crippen LogP contribution in [0.15, 0.2) is 39.0 Å². The first kappa shape index (κ1) is 18.3. The third-order valence-electron chi connectivity index (χ3n) is 6.16. The summed E-state index contributed by atoms with van der Waals surface area (Å²) in [6, 6.07) is 3.49. The Morgan fingerprint density at radius 1 is 1.26 bits per heavy atom. The smallest absolute Gasteiger partial charge is 0.345 e. The molecule has 1 aliphatic carbocycles. The average Bonchev–Trinajstić information content (AvgIpc) is 3.19. The number of furan rings is 1. The lowest BCUT2D eigenvalue weighted by Gasteiger charge is -2.47. The molecule has 2 fully saturated rings. The molecule has 2 aliphatic heterocycles. The molecule has 27 heavy (non-hydrogen) atoms. The molecule has 8 heteroatoms. The predicted molar refractivity (Wildman–Crippen MR) is 101 cm³/mol. The Morgan fingerprint density at radius 3 is 2.78 bits per heavy atom. The third kappa shape index (κ3) is 3.20. The molecule has 1 aromatic rings. The number of allylic oxidation sites excluding steroid dienone is 1. The van der Waals surface area contributed by atoms with Crippen LogP contribution >= 0.6 is 0 Å². The van der Waals surface area contributed by atoms with Crippen molar-refractivity contribution in [2.75, 3.05) is 13.6 Å². The van der Waals surface area contributed by atoms with E-state index in [1.54, 1.807) is 12.1 Å². The Balaban J connectivity index is 1.68. The lowest BCUT2D eigenvalue weighted by molar-refractivity contribution is -0.135. The number of amides is 1. The number of likely N-dealkylation sites (N-methyl/N-ethyl adjacent to an activating group) is 1. The van der Waals surface area contributed by atoms with Gasteiger partial charge in [0.05, 0.1) is 6.26 Å². The minimum atomic E-state index is -3.96. The maximum absolute atomic E-state index is 13.4. The van der Waals surface area contributed by atoms with E-state index in [2.05, 4.69) is 11.3 Å². The van der Waals surface area contributed by atoms with E-state index in [9.17, 15) is 13.2 Å². The van der Waals surface area contributed by atoms with Crippen molar-refractivity contribution in [3.63, 3.8) is 0 Å². The third-order valence-corrected chi connectivity index (χ3v) is 7.48. The summed E-state index contributed by atoms with van der Waals surface area (Å²) in [5.74, 6) is 1.20. The highest BCUT2D eigenvalue weighted by atomic mass is 32.2. The zero-order valence-electron chi connectivity index (χ0n) is 15.7. The van der Waals surface area contributed by atoms with Crippen LogP contribution in [0, 0.1) is 11.8 Å². The normalized spacial score (nSPS) is 30.4. The summed E-state index contributed by atoms with van der Waals surface area (Å²) in [4.78, 5) is 15.3. The molecule has 3 heterocycles. The van der Waals surface area contributed by atoms with Gasteiger partial charge in [-0.3, -0.25) is 4.79 Å². The maximum atomic E-state index is 13.4. The first-order valence-corrected chi connectivity index (χ1v) is 10.9. The van der Waals surface area contributed by atoms with Crippen LogP contribution in [0.3, 0.4) is 0 Å². The highest BCUT2D eigenvalue weighted by molar-refractivity contribution is 7.88. The highest BCUT2D eigenvalue weighted by Gasteiger charge is 2.42. The SMILES string of the molecule is C[C@@H]1CCN(C(=O)C2=CC(c3ccco3)=NS(=O)(=O)N2C)[C@H]2CCCC[C@H]12. The van der Waals surface area contributed by atoms with Gasteiger partial charge in [-0.15, -0.1) is 4.40 Å². The van der Waals surface area contributed by atoms with Gasteiger partial charge in [0.25, 0.3) is 5.91 Å². The molecule has 0 aromatic carbocycles. The van der Waals surface area contributed by atoms with Gasteiger partial charge in [-0.25, -0.2) is 4.31 Å². The molecular weight excluding hydrogens is 366 g/mol. The fourth-order valence-electron chi connectivity index (χ4n) is 4.61. The number of carbonyl (C=O) groups is 1. The number of nitrogens with zero attached hydrogens (tertiary/aromatic N) is 3. The van der Waals surface area contributed by atoms with Gasteiger partial charge < -0.3 is 9.32 Å². The second kappa shape index (κ2) is 6.82. The van der Waals surface area contributed by atoms with Gasteiger partial charge in [-0.1, -0.05) is 19.8 Å². The Kier molecular flexibility index (Phi) is 4.61. The van der Waals surface area contributed by atoms with E-state index in [0.717, 1.165) is 30.0 Å². The van der Waals surface area contributed by atoms with E-state index in [1.807, 2.05) is 4.90 Å². The Morgan fingerprint density at radius 2 is 2.04 bits per heavy atom. The lowest BCUT2D eigenvalue weighted by Crippen LogP contribution is -2.54. The molecule has 1 amide bonds. The fraction of sp³-hybridized carbons (Fsp3) is 0.579. The number of hydrogen-bond donors (Lipinski definition) is 0. The van der Waals surface area contributed by atoms with Gasteiger partial charge in [-0.05, 0) is 49.3 Å². The van der Waals surface area contributed by atoms with Gasteiger partial charge >= 0.3 is 10.2 Å². The molecule has 1 saturated heterocycles. The first-order chi connectivity index (χ1) is 12.9. The standard InChI is InChI=1S/C19H25N3O4S/c1-13-9-10-22(16-7-4-3-6-14(13)16)19(23)17-12-15(18-8-5-11-26-18)20-27(24,25)21(17)2/h5,8,11-14,16H,3-4,6-7,9-10H2,1-2H3/t13-,14-,16+/m1/s1. The summed E-state index contributed by atoms with van der Waals surface area (Å²) in [5, 5.41) is 0. The number of rotatable bonds is 2. The maximum Gasteiger partial charge on any atom is 0.345 e. The number of carbonyl (C=O) groups excluding carboxylic acids is 1. The minimum absolute atomic E-state index is 0.135. The van der Waals surface area contributed by atoms with Crippen molar-refractivity contribution >= 4 is 21.8 Å². The monoisotopic (exact) mass is 391 g/mol. The first-order valence-electron chi connectivity index (χ1n) is 9.54. The number of piperidine rings is 1. The van der Waals surface area contributed by atoms with Crippen LogP contribution in [0.25, 0.3) is 0 Å². The van der Waals surface area contributed by atoms with Gasteiger partial charge in [0.15, 0.2) is 5.76 Å². The second-order valence-corrected chi connectivity index (χ2v) is 9.33. The summed E-state index contributed by atoms with van der Waals surface area (Å²) in [5.41, 5.74) is 0.294. The van der Waals surface area contributed by atoms with Crippen LogP contribution in [-0.2, 0) is 15.0 Å². The molecule has 0 radical (unpaired) electrons.